The maximum atomic E-state index is 6.04. The number of fused-ring (bicyclic) bond motifs is 11. The molecule has 0 N–H and O–H groups in total. The van der Waals surface area contributed by atoms with Crippen LogP contribution in [0.25, 0.3) is 0 Å². The lowest BCUT2D eigenvalue weighted by molar-refractivity contribution is 0.477. The maximum Gasteiger partial charge on any atom is 0.151 e. The molecule has 1 aliphatic carbocycles. The second-order valence-corrected chi connectivity index (χ2v) is 42.1. The van der Waals surface area contributed by atoms with Gasteiger partial charge in [0.05, 0.1) is 68.6 Å². The number of anilines is 19. The first-order valence-electron chi connectivity index (χ1n) is 47.3. The van der Waals surface area contributed by atoms with Crippen LogP contribution in [0.4, 0.5) is 108 Å². The third-order valence-electron chi connectivity index (χ3n) is 26.4. The fourth-order valence-corrected chi connectivity index (χ4v) is 23.7. The van der Waals surface area contributed by atoms with Gasteiger partial charge in [-0.25, -0.2) is 0 Å². The Bertz CT molecular complexity index is 7180. The monoisotopic (exact) mass is 1810 g/mol. The molecular weight excluding hydrogens is 1700 g/mol. The maximum absolute atomic E-state index is 6.04. The minimum atomic E-state index is -1.67. The SMILES string of the molecule is Cc1ccc(C2N=C3C=CC=CC3N2c2ccccc2)cc1.Cc1ccc2c(c1)N(c1ccccc1)c1ccccc1C2(C)C.Cc1ccc2c(c1)N(c1ccccc1)c1ccccc1N2c1ccccc1.Cc1ccc2c(c1)N(c1ccccc1)c1ccccc1O2.Cc1ccc2c(c1)N(c1ccccc1)c1ccccc1S2.Cc1ccc2c(c1)N(c1ccccc1)c1ccccc1[Si]2(C)C. The number of hydrogen-bond donors (Lipinski definition) is 0. The van der Waals surface area contributed by atoms with Gasteiger partial charge in [0.25, 0.3) is 0 Å². The molecule has 11 heteroatoms. The molecule has 0 amide bonds. The van der Waals surface area contributed by atoms with E-state index in [4.69, 9.17) is 9.73 Å². The van der Waals surface area contributed by atoms with E-state index in [1.807, 2.05) is 42.1 Å². The Morgan fingerprint density at radius 1 is 0.270 bits per heavy atom. The van der Waals surface area contributed by atoms with Crippen molar-refractivity contribution in [3.8, 4) is 11.5 Å². The van der Waals surface area contributed by atoms with Crippen molar-refractivity contribution in [1.29, 1.82) is 0 Å². The number of aryl methyl sites for hydroxylation is 6. The zero-order chi connectivity index (χ0) is 93.7. The fraction of sp³-hybridized carbons (Fsp3) is 0.103. The van der Waals surface area contributed by atoms with E-state index in [0.717, 1.165) is 34.3 Å². The molecule has 0 aromatic heterocycles. The minimum Gasteiger partial charge on any atom is -0.453 e. The first-order chi connectivity index (χ1) is 67.0. The highest BCUT2D eigenvalue weighted by atomic mass is 32.2. The summed E-state index contributed by atoms with van der Waals surface area (Å²) in [4.78, 5) is 24.1. The lowest BCUT2D eigenvalue weighted by atomic mass is 9.73. The largest absolute Gasteiger partial charge is 0.453 e. The van der Waals surface area contributed by atoms with Gasteiger partial charge in [0, 0.05) is 66.4 Å². The lowest BCUT2D eigenvalue weighted by Gasteiger charge is -2.42. The Morgan fingerprint density at radius 2 is 0.628 bits per heavy atom. The number of hydrogen-bond acceptors (Lipinski definition) is 10. The second-order valence-electron chi connectivity index (χ2n) is 36.7. The number of aliphatic imine (C=N–C) groups is 1. The summed E-state index contributed by atoms with van der Waals surface area (Å²) in [7, 11) is -1.67. The third kappa shape index (κ3) is 18.0. The normalized spacial score (nSPS) is 15.0. The van der Waals surface area contributed by atoms with Gasteiger partial charge >= 0.3 is 0 Å². The summed E-state index contributed by atoms with van der Waals surface area (Å²) in [6, 6.07) is 159. The van der Waals surface area contributed by atoms with Crippen LogP contribution in [-0.2, 0) is 5.41 Å². The Labute approximate surface area is 812 Å². The van der Waals surface area contributed by atoms with E-state index in [1.165, 1.54) is 161 Å². The number of allylic oxidation sites excluding steroid dienone is 2. The van der Waals surface area contributed by atoms with Gasteiger partial charge < -0.3 is 39.0 Å². The Kier molecular flexibility index (Phi) is 25.3. The van der Waals surface area contributed by atoms with Gasteiger partial charge in [0.2, 0.25) is 0 Å². The molecule has 0 fully saturated rings. The van der Waals surface area contributed by atoms with Gasteiger partial charge in [-0.2, -0.15) is 0 Å². The van der Waals surface area contributed by atoms with Crippen LogP contribution < -0.4 is 49.4 Å². The molecule has 25 rings (SSSR count). The Morgan fingerprint density at radius 3 is 1.20 bits per heavy atom. The van der Waals surface area contributed by atoms with Gasteiger partial charge in [0.1, 0.15) is 14.2 Å². The zero-order valence-corrected chi connectivity index (χ0v) is 80.9. The van der Waals surface area contributed by atoms with Gasteiger partial charge in [-0.1, -0.05) is 329 Å². The van der Waals surface area contributed by atoms with Crippen molar-refractivity contribution in [3.63, 3.8) is 0 Å². The van der Waals surface area contributed by atoms with Crippen LogP contribution in [0.3, 0.4) is 0 Å². The highest BCUT2D eigenvalue weighted by Crippen LogP contribution is 2.58. The summed E-state index contributed by atoms with van der Waals surface area (Å²) < 4.78 is 6.04. The van der Waals surface area contributed by atoms with E-state index in [9.17, 15) is 0 Å². The first kappa shape index (κ1) is 89.0. The number of rotatable bonds is 8. The van der Waals surface area contributed by atoms with Crippen LogP contribution in [0, 0.1) is 41.5 Å². The van der Waals surface area contributed by atoms with Gasteiger partial charge in [-0.05, 0) is 284 Å². The molecule has 137 heavy (non-hydrogen) atoms. The summed E-state index contributed by atoms with van der Waals surface area (Å²) >= 11 is 1.85. The average molecular weight is 1810 g/mol. The second kappa shape index (κ2) is 38.9. The lowest BCUT2D eigenvalue weighted by Crippen LogP contribution is -2.58. The van der Waals surface area contributed by atoms with E-state index in [-0.39, 0.29) is 17.6 Å². The number of nitrogens with zero attached hydrogens (tertiary/aromatic N) is 8. The summed E-state index contributed by atoms with van der Waals surface area (Å²) in [6.45, 7) is 22.4. The molecule has 6 heterocycles. The minimum absolute atomic E-state index is 0.00487. The van der Waals surface area contributed by atoms with Crippen molar-refractivity contribution >= 4 is 144 Å². The number of benzene rings is 18. The van der Waals surface area contributed by atoms with E-state index >= 15 is 0 Å². The highest BCUT2D eigenvalue weighted by molar-refractivity contribution is 7.99. The van der Waals surface area contributed by atoms with Crippen molar-refractivity contribution < 1.29 is 4.74 Å². The Hall–Kier alpha value is -15.9. The zero-order valence-electron chi connectivity index (χ0n) is 79.1. The van der Waals surface area contributed by atoms with Crippen molar-refractivity contribution in [2.24, 2.45) is 4.99 Å². The van der Waals surface area contributed by atoms with Crippen LogP contribution in [0.1, 0.15) is 70.1 Å². The van der Waals surface area contributed by atoms with Crippen LogP contribution in [-0.4, -0.2) is 19.8 Å². The molecule has 18 aromatic rings. The van der Waals surface area contributed by atoms with Gasteiger partial charge in [-0.3, -0.25) is 4.99 Å². The molecule has 7 aliphatic rings. The van der Waals surface area contributed by atoms with E-state index in [2.05, 4.69) is 546 Å². The van der Waals surface area contributed by atoms with E-state index in [1.54, 1.807) is 0 Å². The molecule has 670 valence electrons. The summed E-state index contributed by atoms with van der Waals surface area (Å²) in [6.07, 6.45) is 8.55. The molecule has 0 radical (unpaired) electrons. The molecule has 0 bridgehead atoms. The summed E-state index contributed by atoms with van der Waals surface area (Å²) in [5.74, 6) is 1.78. The smallest absolute Gasteiger partial charge is 0.151 e. The quantitative estimate of drug-likeness (QED) is 0.138. The molecule has 2 atom stereocenters. The topological polar surface area (TPSA) is 44.3 Å². The van der Waals surface area contributed by atoms with Crippen molar-refractivity contribution in [2.45, 2.75) is 95.9 Å². The van der Waals surface area contributed by atoms with E-state index < -0.39 is 8.07 Å². The predicted molar refractivity (Wildman–Crippen MR) is 583 cm³/mol. The Balaban J connectivity index is 0.000000102. The molecule has 2 unspecified atom stereocenters. The molecule has 0 saturated carbocycles. The number of para-hydroxylation sites is 14. The highest BCUT2D eigenvalue weighted by Gasteiger charge is 2.41. The van der Waals surface area contributed by atoms with Crippen molar-refractivity contribution in [2.75, 3.05) is 34.3 Å². The average Bonchev–Trinajstić information content (AvgIpc) is 0.817. The molecule has 18 aromatic carbocycles. The molecule has 0 saturated heterocycles. The van der Waals surface area contributed by atoms with Crippen LogP contribution >= 0.6 is 11.8 Å². The van der Waals surface area contributed by atoms with Crippen LogP contribution in [0.15, 0.2) is 488 Å². The van der Waals surface area contributed by atoms with Crippen LogP contribution in [0.2, 0.25) is 13.1 Å². The molecule has 6 aliphatic heterocycles. The molecule has 9 nitrogen and oxygen atoms in total. The van der Waals surface area contributed by atoms with E-state index in [0.29, 0.717) is 0 Å². The predicted octanol–water partition coefficient (Wildman–Crippen LogP) is 33.9. The first-order valence-corrected chi connectivity index (χ1v) is 51.1. The standard InChI is InChI=1S/C25H20N2.C22H21N.C21H21NSi.C20H18N2.C19H15NO.C19H15NS/c1-19-16-17-24-25(18-19)27(21-12-6-3-7-13-21)23-15-9-8-14-22(23)26(24)20-10-4-2-5-11-20;1-16-13-14-19-21(15-16)23(17-9-5-4-6-10-17)20-12-8-7-11-18(20)22(19,2)3;1-16-13-14-21-19(15-16)22(17-9-5-4-6-10-17)18-11-7-8-12-20(18)23(21,2)3;1-15-11-13-16(14-12-15)20-21-18-9-5-6-10-19(18)22(20)17-7-3-2-4-8-17;2*1-14-11-12-19-17(13-14)20(15-7-3-2-4-8-15)16-9-5-6-10-18(16)21-19/h2-18H,1H3;2*4-15H,1-3H3;2-14,19-20H,1H3;2*2-13H,1H3. The van der Waals surface area contributed by atoms with Gasteiger partial charge in [0.15, 0.2) is 11.5 Å². The number of ether oxygens (including phenoxy) is 1. The van der Waals surface area contributed by atoms with Crippen LogP contribution in [0.5, 0.6) is 11.5 Å². The molecular formula is C126H110N8OSSi. The van der Waals surface area contributed by atoms with Gasteiger partial charge in [-0.15, -0.1) is 0 Å². The molecule has 0 spiro atoms. The summed E-state index contributed by atoms with van der Waals surface area (Å²) in [5, 5.41) is 3.03. The summed E-state index contributed by atoms with van der Waals surface area (Å²) in [5.41, 5.74) is 35.8. The fourth-order valence-electron chi connectivity index (χ4n) is 19.7. The van der Waals surface area contributed by atoms with Crippen molar-refractivity contribution in [1.82, 2.24) is 0 Å². The van der Waals surface area contributed by atoms with Crippen molar-refractivity contribution in [3.05, 3.63) is 523 Å². The third-order valence-corrected chi connectivity index (χ3v) is 31.1.